The molecule has 2 aromatic heterocycles. The van der Waals surface area contributed by atoms with Crippen LogP contribution in [-0.2, 0) is 31.3 Å². The first-order chi connectivity index (χ1) is 23.5. The van der Waals surface area contributed by atoms with Gasteiger partial charge in [-0.2, -0.15) is 5.10 Å². The Hall–Kier alpha value is -5.36. The third kappa shape index (κ3) is 6.68. The molecule has 4 N–H and O–H groups in total. The number of nitrogens with one attached hydrogen (secondary N) is 2. The minimum absolute atomic E-state index is 0.000865. The van der Waals surface area contributed by atoms with Gasteiger partial charge in [-0.1, -0.05) is 38.5 Å². The van der Waals surface area contributed by atoms with Crippen molar-refractivity contribution in [1.29, 1.82) is 0 Å². The summed E-state index contributed by atoms with van der Waals surface area (Å²) in [5.74, 6) is 2.85. The fraction of sp³-hybridized carbons (Fsp3) is 0.351. The average Bonchev–Trinajstić information content (AvgIpc) is 3.82. The van der Waals surface area contributed by atoms with Crippen molar-refractivity contribution in [3.8, 4) is 34.3 Å². The molecule has 254 valence electrons. The molecule has 0 atom stereocenters. The van der Waals surface area contributed by atoms with Gasteiger partial charge in [-0.3, -0.25) is 10.2 Å². The van der Waals surface area contributed by atoms with E-state index in [1.54, 1.807) is 10.7 Å². The number of hydrogen-bond donors (Lipinski definition) is 4. The van der Waals surface area contributed by atoms with Crippen molar-refractivity contribution >= 4 is 17.5 Å². The number of rotatable bonds is 8. The van der Waals surface area contributed by atoms with E-state index in [1.165, 1.54) is 12.1 Å². The molecule has 49 heavy (non-hydrogen) atoms. The second-order valence-electron chi connectivity index (χ2n) is 13.8. The van der Waals surface area contributed by atoms with Gasteiger partial charge < -0.3 is 24.8 Å². The van der Waals surface area contributed by atoms with Gasteiger partial charge >= 0.3 is 6.03 Å². The van der Waals surface area contributed by atoms with Gasteiger partial charge in [0.05, 0.1) is 23.5 Å². The molecule has 5 aromatic rings. The molecule has 1 aliphatic carbocycles. The highest BCUT2D eigenvalue weighted by atomic mass is 16.5. The standard InChI is InChI=1S/C37H42N8O4/c1-23-8-10-24(11-9-23)45-33(21-32(42-45)37(2,3)4)39-36(48)38-29-14-15-31(27-7-5-6-26(27)29)49-19-18-43-16-17-44-34(22-43)40-41-35(44)28-13-12-25(46)20-30(28)47/h8-15,20-21,46-47H,5-7,16-19,22H2,1-4H3,(H2,38,39,48). The van der Waals surface area contributed by atoms with Gasteiger partial charge in [-0.15, -0.1) is 10.2 Å². The summed E-state index contributed by atoms with van der Waals surface area (Å²) in [6.45, 7) is 11.7. The summed E-state index contributed by atoms with van der Waals surface area (Å²) in [5, 5.41) is 39.6. The van der Waals surface area contributed by atoms with Crippen LogP contribution in [0.25, 0.3) is 17.1 Å². The number of phenolic OH excluding ortho intramolecular Hbond substituents is 2. The number of aromatic nitrogens is 5. The monoisotopic (exact) mass is 662 g/mol. The SMILES string of the molecule is Cc1ccc(-n2nc(C(C)(C)C)cc2NC(=O)Nc2ccc(OCCN3CCn4c(nnc4-c4ccc(O)cc4O)C3)c3c2CCC3)cc1. The van der Waals surface area contributed by atoms with E-state index < -0.39 is 0 Å². The number of carbonyl (C=O) groups is 1. The smallest absolute Gasteiger partial charge is 0.324 e. The van der Waals surface area contributed by atoms with Gasteiger partial charge in [0.25, 0.3) is 0 Å². The van der Waals surface area contributed by atoms with E-state index in [-0.39, 0.29) is 22.9 Å². The molecule has 0 saturated heterocycles. The van der Waals surface area contributed by atoms with Crippen molar-refractivity contribution in [1.82, 2.24) is 29.4 Å². The van der Waals surface area contributed by atoms with Gasteiger partial charge in [0.2, 0.25) is 0 Å². The molecular weight excluding hydrogens is 620 g/mol. The molecule has 7 rings (SSSR count). The summed E-state index contributed by atoms with van der Waals surface area (Å²) >= 11 is 0. The van der Waals surface area contributed by atoms with Crippen molar-refractivity contribution in [3.05, 3.63) is 88.9 Å². The first kappa shape index (κ1) is 32.2. The lowest BCUT2D eigenvalue weighted by atomic mass is 9.92. The number of urea groups is 1. The van der Waals surface area contributed by atoms with E-state index in [1.807, 2.05) is 54.0 Å². The van der Waals surface area contributed by atoms with Crippen molar-refractivity contribution in [2.24, 2.45) is 0 Å². The van der Waals surface area contributed by atoms with Crippen LogP contribution < -0.4 is 15.4 Å². The fourth-order valence-electron chi connectivity index (χ4n) is 6.51. The number of carbonyl (C=O) groups excluding carboxylic acids is 1. The summed E-state index contributed by atoms with van der Waals surface area (Å²) in [6.07, 6.45) is 2.77. The van der Waals surface area contributed by atoms with Gasteiger partial charge in [-0.05, 0) is 73.7 Å². The molecule has 0 spiro atoms. The molecule has 1 aliphatic heterocycles. The predicted molar refractivity (Wildman–Crippen MR) is 188 cm³/mol. The molecule has 2 aliphatic rings. The number of aromatic hydroxyl groups is 2. The summed E-state index contributed by atoms with van der Waals surface area (Å²) in [6, 6.07) is 18.1. The number of fused-ring (bicyclic) bond motifs is 2. The summed E-state index contributed by atoms with van der Waals surface area (Å²) < 4.78 is 10.1. The van der Waals surface area contributed by atoms with Crippen LogP contribution in [0.1, 0.15) is 55.4 Å². The van der Waals surface area contributed by atoms with Gasteiger partial charge in [-0.25, -0.2) is 9.48 Å². The fourth-order valence-corrected chi connectivity index (χ4v) is 6.51. The Morgan fingerprint density at radius 1 is 0.939 bits per heavy atom. The third-order valence-corrected chi connectivity index (χ3v) is 9.21. The number of benzene rings is 3. The van der Waals surface area contributed by atoms with Crippen LogP contribution in [0, 0.1) is 6.92 Å². The van der Waals surface area contributed by atoms with E-state index in [4.69, 9.17) is 9.84 Å². The maximum absolute atomic E-state index is 13.4. The maximum atomic E-state index is 13.4. The second kappa shape index (κ2) is 12.9. The first-order valence-electron chi connectivity index (χ1n) is 16.7. The first-order valence-corrected chi connectivity index (χ1v) is 16.7. The maximum Gasteiger partial charge on any atom is 0.324 e. The van der Waals surface area contributed by atoms with Crippen LogP contribution >= 0.6 is 0 Å². The van der Waals surface area contributed by atoms with Crippen molar-refractivity contribution in [3.63, 3.8) is 0 Å². The molecule has 12 nitrogen and oxygen atoms in total. The van der Waals surface area contributed by atoms with E-state index in [2.05, 4.69) is 46.5 Å². The molecule has 0 unspecified atom stereocenters. The average molecular weight is 663 g/mol. The largest absolute Gasteiger partial charge is 0.508 e. The Labute approximate surface area is 285 Å². The second-order valence-corrected chi connectivity index (χ2v) is 13.8. The van der Waals surface area contributed by atoms with E-state index in [0.29, 0.717) is 36.9 Å². The number of aryl methyl sites for hydroxylation is 1. The number of anilines is 2. The van der Waals surface area contributed by atoms with Crippen LogP contribution in [-0.4, -0.2) is 65.4 Å². The van der Waals surface area contributed by atoms with Crippen LogP contribution in [0.15, 0.2) is 60.7 Å². The minimum atomic E-state index is -0.321. The molecule has 0 radical (unpaired) electrons. The number of ether oxygens (including phenoxy) is 1. The Morgan fingerprint density at radius 2 is 1.73 bits per heavy atom. The highest BCUT2D eigenvalue weighted by molar-refractivity contribution is 6.00. The Balaban J connectivity index is 0.989. The Kier molecular flexibility index (Phi) is 8.49. The molecule has 0 bridgehead atoms. The predicted octanol–water partition coefficient (Wildman–Crippen LogP) is 6.18. The van der Waals surface area contributed by atoms with Crippen molar-refractivity contribution in [2.45, 2.75) is 65.5 Å². The zero-order valence-corrected chi connectivity index (χ0v) is 28.3. The number of amides is 2. The van der Waals surface area contributed by atoms with Gasteiger partial charge in [0.1, 0.15) is 35.5 Å². The summed E-state index contributed by atoms with van der Waals surface area (Å²) in [5.41, 5.74) is 6.33. The lowest BCUT2D eigenvalue weighted by Gasteiger charge is -2.27. The molecule has 3 heterocycles. The molecule has 12 heteroatoms. The van der Waals surface area contributed by atoms with E-state index in [9.17, 15) is 15.0 Å². The Bertz CT molecular complexity index is 2010. The lowest BCUT2D eigenvalue weighted by molar-refractivity contribution is 0.174. The molecular formula is C37H42N8O4. The highest BCUT2D eigenvalue weighted by Crippen LogP contribution is 2.37. The van der Waals surface area contributed by atoms with Gasteiger partial charge in [0, 0.05) is 42.9 Å². The van der Waals surface area contributed by atoms with Crippen LogP contribution in [0.3, 0.4) is 0 Å². The lowest BCUT2D eigenvalue weighted by Crippen LogP contribution is -2.36. The Morgan fingerprint density at radius 3 is 2.51 bits per heavy atom. The van der Waals surface area contributed by atoms with Gasteiger partial charge in [0.15, 0.2) is 5.82 Å². The molecule has 0 fully saturated rings. The van der Waals surface area contributed by atoms with Crippen molar-refractivity contribution in [2.75, 3.05) is 30.3 Å². The molecule has 3 aromatic carbocycles. The summed E-state index contributed by atoms with van der Waals surface area (Å²) in [7, 11) is 0. The third-order valence-electron chi connectivity index (χ3n) is 9.21. The molecule has 2 amide bonds. The zero-order chi connectivity index (χ0) is 34.3. The van der Waals surface area contributed by atoms with Crippen molar-refractivity contribution < 1.29 is 19.7 Å². The number of hydrogen-bond acceptors (Lipinski definition) is 8. The summed E-state index contributed by atoms with van der Waals surface area (Å²) in [4.78, 5) is 15.7. The van der Waals surface area contributed by atoms with E-state index >= 15 is 0 Å². The molecule has 0 saturated carbocycles. The van der Waals surface area contributed by atoms with Crippen LogP contribution in [0.5, 0.6) is 17.2 Å². The quantitative estimate of drug-likeness (QED) is 0.154. The van der Waals surface area contributed by atoms with E-state index in [0.717, 1.165) is 77.7 Å². The van der Waals surface area contributed by atoms with Crippen LogP contribution in [0.4, 0.5) is 16.3 Å². The highest BCUT2D eigenvalue weighted by Gasteiger charge is 2.26. The number of nitrogens with zero attached hydrogens (tertiary/aromatic N) is 6. The zero-order valence-electron chi connectivity index (χ0n) is 28.3. The topological polar surface area (TPSA) is 143 Å². The minimum Gasteiger partial charge on any atom is -0.508 e. The normalized spacial score (nSPS) is 14.4. The number of phenols is 2. The van der Waals surface area contributed by atoms with Crippen LogP contribution in [0.2, 0.25) is 0 Å².